The summed E-state index contributed by atoms with van der Waals surface area (Å²) in [6.45, 7) is 7.09. The topological polar surface area (TPSA) is 44.4 Å². The van der Waals surface area contributed by atoms with E-state index in [4.69, 9.17) is 0 Å². The Balaban J connectivity index is 1.93. The minimum atomic E-state index is 0.148. The average molecular weight is 281 g/mol. The van der Waals surface area contributed by atoms with Crippen molar-refractivity contribution in [3.05, 3.63) is 0 Å². The van der Waals surface area contributed by atoms with Crippen LogP contribution >= 0.6 is 0 Å². The van der Waals surface area contributed by atoms with E-state index in [2.05, 4.69) is 43.5 Å². The summed E-state index contributed by atoms with van der Waals surface area (Å²) in [7, 11) is 4.31. The average Bonchev–Trinajstić information content (AvgIpc) is 2.82. The Morgan fingerprint density at radius 1 is 1.35 bits per heavy atom. The number of carbonyl (C=O) groups excluding carboxylic acids is 1. The largest absolute Gasteiger partial charge is 0.354 e. The molecule has 0 aromatic rings. The summed E-state index contributed by atoms with van der Waals surface area (Å²) in [5.41, 5.74) is 0.155. The summed E-state index contributed by atoms with van der Waals surface area (Å²) in [4.78, 5) is 14.7. The molecule has 2 N–H and O–H groups in total. The van der Waals surface area contributed by atoms with E-state index in [9.17, 15) is 4.79 Å². The van der Waals surface area contributed by atoms with Gasteiger partial charge >= 0.3 is 0 Å². The Morgan fingerprint density at radius 3 is 2.65 bits per heavy atom. The highest BCUT2D eigenvalue weighted by molar-refractivity contribution is 5.79. The third-order valence-electron chi connectivity index (χ3n) is 5.46. The van der Waals surface area contributed by atoms with Crippen molar-refractivity contribution in [2.45, 2.75) is 45.1 Å². The zero-order valence-corrected chi connectivity index (χ0v) is 13.5. The first-order chi connectivity index (χ1) is 9.44. The highest BCUT2D eigenvalue weighted by atomic mass is 16.1. The molecule has 2 aliphatic rings. The summed E-state index contributed by atoms with van der Waals surface area (Å²) in [6.07, 6.45) is 4.99. The van der Waals surface area contributed by atoms with Gasteiger partial charge in [0, 0.05) is 18.6 Å². The molecule has 0 aromatic heterocycles. The number of carbonyl (C=O) groups is 1. The molecule has 1 aliphatic carbocycles. The normalized spacial score (nSPS) is 38.1. The lowest BCUT2D eigenvalue weighted by Gasteiger charge is -2.45. The van der Waals surface area contributed by atoms with Gasteiger partial charge < -0.3 is 15.5 Å². The minimum Gasteiger partial charge on any atom is -0.354 e. The smallest absolute Gasteiger partial charge is 0.224 e. The highest BCUT2D eigenvalue weighted by Crippen LogP contribution is 2.35. The molecule has 0 bridgehead atoms. The Kier molecular flexibility index (Phi) is 5.08. The number of amides is 1. The molecule has 1 heterocycles. The zero-order chi connectivity index (χ0) is 14.8. The molecule has 4 nitrogen and oxygen atoms in total. The van der Waals surface area contributed by atoms with Crippen molar-refractivity contribution in [3.63, 3.8) is 0 Å². The van der Waals surface area contributed by atoms with Crippen molar-refractivity contribution in [1.29, 1.82) is 0 Å². The summed E-state index contributed by atoms with van der Waals surface area (Å²) >= 11 is 0. The number of nitrogens with zero attached hydrogens (tertiary/aromatic N) is 1. The van der Waals surface area contributed by atoms with E-state index < -0.39 is 0 Å². The maximum atomic E-state index is 12.4. The Morgan fingerprint density at radius 2 is 2.10 bits per heavy atom. The Hall–Kier alpha value is -0.610. The lowest BCUT2D eigenvalue weighted by Crippen LogP contribution is -2.55. The second-order valence-electron chi connectivity index (χ2n) is 7.28. The van der Waals surface area contributed by atoms with Gasteiger partial charge in [-0.2, -0.15) is 0 Å². The standard InChI is InChI=1S/C16H31N3O/c1-12-6-5-7-16(8-12,19(3)4)11-18-15(20)14-10-17-9-13(14)2/h12-14,17H,5-11H2,1-4H3,(H,18,20). The molecule has 4 unspecified atom stereocenters. The predicted octanol–water partition coefficient (Wildman–Crippen LogP) is 1.47. The van der Waals surface area contributed by atoms with Gasteiger partial charge in [-0.05, 0) is 45.3 Å². The van der Waals surface area contributed by atoms with Crippen LogP contribution in [0.1, 0.15) is 39.5 Å². The fourth-order valence-corrected chi connectivity index (χ4v) is 3.90. The summed E-state index contributed by atoms with van der Waals surface area (Å²) in [5, 5.41) is 6.56. The van der Waals surface area contributed by atoms with Gasteiger partial charge in [0.2, 0.25) is 5.91 Å². The van der Waals surface area contributed by atoms with Crippen LogP contribution in [0.15, 0.2) is 0 Å². The van der Waals surface area contributed by atoms with Crippen LogP contribution in [0.25, 0.3) is 0 Å². The summed E-state index contributed by atoms with van der Waals surface area (Å²) in [5.74, 6) is 1.60. The molecule has 4 heteroatoms. The van der Waals surface area contributed by atoms with Crippen LogP contribution in [-0.4, -0.2) is 50.1 Å². The van der Waals surface area contributed by atoms with E-state index in [-0.39, 0.29) is 17.4 Å². The fourth-order valence-electron chi connectivity index (χ4n) is 3.90. The van der Waals surface area contributed by atoms with Crippen molar-refractivity contribution in [2.75, 3.05) is 33.7 Å². The molecule has 0 aromatic carbocycles. The summed E-state index contributed by atoms with van der Waals surface area (Å²) < 4.78 is 0. The lowest BCUT2D eigenvalue weighted by atomic mass is 9.75. The summed E-state index contributed by atoms with van der Waals surface area (Å²) in [6, 6.07) is 0. The minimum absolute atomic E-state index is 0.148. The van der Waals surface area contributed by atoms with E-state index in [1.165, 1.54) is 25.7 Å². The van der Waals surface area contributed by atoms with Crippen molar-refractivity contribution in [1.82, 2.24) is 15.5 Å². The molecular weight excluding hydrogens is 250 g/mol. The van der Waals surface area contributed by atoms with E-state index >= 15 is 0 Å². The van der Waals surface area contributed by atoms with Gasteiger partial charge in [0.25, 0.3) is 0 Å². The molecule has 1 aliphatic heterocycles. The molecule has 1 saturated heterocycles. The number of hydrogen-bond acceptors (Lipinski definition) is 3. The van der Waals surface area contributed by atoms with Gasteiger partial charge in [-0.15, -0.1) is 0 Å². The van der Waals surface area contributed by atoms with Crippen LogP contribution in [0.4, 0.5) is 0 Å². The van der Waals surface area contributed by atoms with Crippen LogP contribution in [0.2, 0.25) is 0 Å². The van der Waals surface area contributed by atoms with Crippen LogP contribution in [-0.2, 0) is 4.79 Å². The molecule has 0 spiro atoms. The monoisotopic (exact) mass is 281 g/mol. The van der Waals surface area contributed by atoms with E-state index in [1.54, 1.807) is 0 Å². The van der Waals surface area contributed by atoms with E-state index in [0.717, 1.165) is 25.6 Å². The molecule has 2 fully saturated rings. The quantitative estimate of drug-likeness (QED) is 0.820. The molecule has 4 atom stereocenters. The third kappa shape index (κ3) is 3.34. The van der Waals surface area contributed by atoms with Crippen molar-refractivity contribution >= 4 is 5.91 Å². The second-order valence-corrected chi connectivity index (χ2v) is 7.28. The Bertz CT molecular complexity index is 345. The van der Waals surface area contributed by atoms with E-state index in [0.29, 0.717) is 5.92 Å². The predicted molar refractivity (Wildman–Crippen MR) is 82.6 cm³/mol. The first-order valence-electron chi connectivity index (χ1n) is 8.10. The van der Waals surface area contributed by atoms with Crippen molar-refractivity contribution < 1.29 is 4.79 Å². The first-order valence-corrected chi connectivity index (χ1v) is 8.10. The maximum Gasteiger partial charge on any atom is 0.224 e. The van der Waals surface area contributed by atoms with Crippen LogP contribution in [0.3, 0.4) is 0 Å². The molecule has 0 radical (unpaired) electrons. The third-order valence-corrected chi connectivity index (χ3v) is 5.46. The van der Waals surface area contributed by atoms with Gasteiger partial charge in [-0.3, -0.25) is 4.79 Å². The first kappa shape index (κ1) is 15.8. The maximum absolute atomic E-state index is 12.4. The number of rotatable bonds is 4. The number of hydrogen-bond donors (Lipinski definition) is 2. The molecule has 1 amide bonds. The molecule has 20 heavy (non-hydrogen) atoms. The number of likely N-dealkylation sites (N-methyl/N-ethyl adjacent to an activating group) is 1. The van der Waals surface area contributed by atoms with Gasteiger partial charge in [0.1, 0.15) is 0 Å². The Labute approximate surface area is 123 Å². The van der Waals surface area contributed by atoms with Crippen LogP contribution in [0, 0.1) is 17.8 Å². The van der Waals surface area contributed by atoms with Crippen LogP contribution < -0.4 is 10.6 Å². The van der Waals surface area contributed by atoms with Crippen molar-refractivity contribution in [3.8, 4) is 0 Å². The molecule has 2 rings (SSSR count). The molecular formula is C16H31N3O. The van der Waals surface area contributed by atoms with Gasteiger partial charge in [0.15, 0.2) is 0 Å². The van der Waals surface area contributed by atoms with Crippen LogP contribution in [0.5, 0.6) is 0 Å². The van der Waals surface area contributed by atoms with E-state index in [1.807, 2.05) is 0 Å². The second kappa shape index (κ2) is 6.44. The lowest BCUT2D eigenvalue weighted by molar-refractivity contribution is -0.126. The zero-order valence-electron chi connectivity index (χ0n) is 13.5. The number of nitrogens with one attached hydrogen (secondary N) is 2. The molecule has 1 saturated carbocycles. The molecule has 116 valence electrons. The fraction of sp³-hybridized carbons (Fsp3) is 0.938. The SMILES string of the molecule is CC1CCCC(CNC(=O)C2CNCC2C)(N(C)C)C1. The van der Waals surface area contributed by atoms with Gasteiger partial charge in [-0.1, -0.05) is 26.7 Å². The highest BCUT2D eigenvalue weighted by Gasteiger charge is 2.38. The van der Waals surface area contributed by atoms with Crippen molar-refractivity contribution in [2.24, 2.45) is 17.8 Å². The van der Waals surface area contributed by atoms with Gasteiger partial charge in [0.05, 0.1) is 5.92 Å². The van der Waals surface area contributed by atoms with Gasteiger partial charge in [-0.25, -0.2) is 0 Å².